The number of hydrogen-bond acceptors (Lipinski definition) is 3. The van der Waals surface area contributed by atoms with E-state index in [9.17, 15) is 0 Å². The van der Waals surface area contributed by atoms with Gasteiger partial charge in [-0.15, -0.1) is 0 Å². The van der Waals surface area contributed by atoms with E-state index >= 15 is 0 Å². The van der Waals surface area contributed by atoms with Gasteiger partial charge in [-0.25, -0.2) is 0 Å². The molecule has 1 aromatic heterocycles. The van der Waals surface area contributed by atoms with Crippen molar-refractivity contribution < 1.29 is 4.74 Å². The van der Waals surface area contributed by atoms with Gasteiger partial charge in [0.2, 0.25) is 0 Å². The van der Waals surface area contributed by atoms with Crippen LogP contribution < -0.4 is 10.5 Å². The summed E-state index contributed by atoms with van der Waals surface area (Å²) in [5.74, 6) is 0.857. The van der Waals surface area contributed by atoms with Crippen LogP contribution in [-0.2, 0) is 13.0 Å². The monoisotopic (exact) mass is 340 g/mol. The van der Waals surface area contributed by atoms with Crippen molar-refractivity contribution in [2.45, 2.75) is 13.0 Å². The molecule has 0 saturated carbocycles. The Morgan fingerprint density at radius 3 is 2.35 bits per heavy atom. The van der Waals surface area contributed by atoms with Gasteiger partial charge in [-0.1, -0.05) is 48.5 Å². The van der Waals surface area contributed by atoms with E-state index in [1.807, 2.05) is 24.3 Å². The Hall–Kier alpha value is -3.33. The van der Waals surface area contributed by atoms with Crippen molar-refractivity contribution in [1.29, 1.82) is 0 Å². The van der Waals surface area contributed by atoms with E-state index in [1.54, 1.807) is 6.20 Å². The average molecular weight is 340 g/mol. The van der Waals surface area contributed by atoms with Crippen molar-refractivity contribution in [1.82, 2.24) is 4.98 Å². The molecule has 0 aliphatic rings. The summed E-state index contributed by atoms with van der Waals surface area (Å²) >= 11 is 0. The number of aromatic nitrogens is 1. The van der Waals surface area contributed by atoms with Crippen LogP contribution in [0.2, 0.25) is 0 Å². The highest BCUT2D eigenvalue weighted by atomic mass is 16.5. The van der Waals surface area contributed by atoms with Crippen LogP contribution in [0.5, 0.6) is 5.75 Å². The molecule has 1 heterocycles. The number of benzene rings is 3. The van der Waals surface area contributed by atoms with Crippen LogP contribution in [0.15, 0.2) is 85.1 Å². The Bertz CT molecular complexity index is 1030. The number of rotatable bonds is 5. The lowest BCUT2D eigenvalue weighted by atomic mass is 10.1. The molecule has 0 unspecified atom stereocenters. The first kappa shape index (κ1) is 16.2. The summed E-state index contributed by atoms with van der Waals surface area (Å²) < 4.78 is 5.93. The van der Waals surface area contributed by atoms with Gasteiger partial charge >= 0.3 is 0 Å². The molecule has 0 radical (unpaired) electrons. The summed E-state index contributed by atoms with van der Waals surface area (Å²) in [6.45, 7) is 0.553. The number of fused-ring (bicyclic) bond motifs is 1. The quantitative estimate of drug-likeness (QED) is 0.557. The molecule has 4 rings (SSSR count). The third kappa shape index (κ3) is 3.67. The van der Waals surface area contributed by atoms with Crippen molar-refractivity contribution >= 4 is 16.5 Å². The molecule has 0 atom stereocenters. The summed E-state index contributed by atoms with van der Waals surface area (Å²) in [5.41, 5.74) is 9.91. The molecule has 26 heavy (non-hydrogen) atoms. The minimum Gasteiger partial charge on any atom is -0.489 e. The summed E-state index contributed by atoms with van der Waals surface area (Å²) in [7, 11) is 0. The van der Waals surface area contributed by atoms with E-state index in [1.165, 1.54) is 10.8 Å². The minimum absolute atomic E-state index is 0.553. The minimum atomic E-state index is 0.553. The van der Waals surface area contributed by atoms with Crippen LogP contribution in [0.3, 0.4) is 0 Å². The maximum Gasteiger partial charge on any atom is 0.119 e. The maximum absolute atomic E-state index is 5.96. The molecule has 0 saturated heterocycles. The van der Waals surface area contributed by atoms with Crippen LogP contribution >= 0.6 is 0 Å². The zero-order valence-electron chi connectivity index (χ0n) is 14.4. The Balaban J connectivity index is 1.41. The van der Waals surface area contributed by atoms with Crippen molar-refractivity contribution in [2.75, 3.05) is 5.73 Å². The van der Waals surface area contributed by atoms with E-state index in [0.29, 0.717) is 6.61 Å². The molecule has 0 aliphatic heterocycles. The van der Waals surface area contributed by atoms with E-state index in [0.717, 1.165) is 34.7 Å². The highest BCUT2D eigenvalue weighted by Gasteiger charge is 2.03. The van der Waals surface area contributed by atoms with Crippen LogP contribution in [0.4, 0.5) is 5.69 Å². The molecule has 4 aromatic rings. The average Bonchev–Trinajstić information content (AvgIpc) is 2.69. The van der Waals surface area contributed by atoms with Crippen LogP contribution in [0.1, 0.15) is 16.8 Å². The first-order chi connectivity index (χ1) is 12.8. The van der Waals surface area contributed by atoms with Gasteiger partial charge in [-0.05, 0) is 52.2 Å². The van der Waals surface area contributed by atoms with E-state index in [4.69, 9.17) is 10.5 Å². The molecule has 0 spiro atoms. The summed E-state index contributed by atoms with van der Waals surface area (Å²) in [4.78, 5) is 4.34. The number of nitrogens with zero attached hydrogens (tertiary/aromatic N) is 1. The molecule has 2 N–H and O–H groups in total. The van der Waals surface area contributed by atoms with Gasteiger partial charge in [0.05, 0.1) is 11.4 Å². The van der Waals surface area contributed by atoms with Crippen molar-refractivity contribution in [3.05, 3.63) is 102 Å². The predicted octanol–water partition coefficient (Wildman–Crippen LogP) is 4.99. The Morgan fingerprint density at radius 1 is 0.769 bits per heavy atom. The van der Waals surface area contributed by atoms with Crippen molar-refractivity contribution in [3.8, 4) is 5.75 Å². The highest BCUT2D eigenvalue weighted by Crippen LogP contribution is 2.20. The zero-order valence-corrected chi connectivity index (χ0v) is 14.4. The molecular weight excluding hydrogens is 320 g/mol. The van der Waals surface area contributed by atoms with E-state index < -0.39 is 0 Å². The second-order valence-electron chi connectivity index (χ2n) is 6.33. The Kier molecular flexibility index (Phi) is 4.52. The number of pyridine rings is 1. The van der Waals surface area contributed by atoms with Crippen molar-refractivity contribution in [3.63, 3.8) is 0 Å². The largest absolute Gasteiger partial charge is 0.489 e. The maximum atomic E-state index is 5.96. The van der Waals surface area contributed by atoms with Gasteiger partial charge in [0.15, 0.2) is 0 Å². The summed E-state index contributed by atoms with van der Waals surface area (Å²) in [6, 6.07) is 26.6. The van der Waals surface area contributed by atoms with Gasteiger partial charge in [-0.3, -0.25) is 4.98 Å². The fourth-order valence-corrected chi connectivity index (χ4v) is 2.99. The SMILES string of the molecule is Nc1cccnc1Cc1ccc(OCc2ccc3ccccc3c2)cc1. The van der Waals surface area contributed by atoms with Crippen LogP contribution in [-0.4, -0.2) is 4.98 Å². The predicted molar refractivity (Wildman–Crippen MR) is 106 cm³/mol. The number of nitrogen functional groups attached to an aromatic ring is 1. The molecule has 0 amide bonds. The van der Waals surface area contributed by atoms with E-state index in [-0.39, 0.29) is 0 Å². The van der Waals surface area contributed by atoms with E-state index in [2.05, 4.69) is 59.6 Å². The van der Waals surface area contributed by atoms with Gasteiger partial charge in [-0.2, -0.15) is 0 Å². The normalized spacial score (nSPS) is 10.8. The topological polar surface area (TPSA) is 48.1 Å². The molecule has 3 nitrogen and oxygen atoms in total. The lowest BCUT2D eigenvalue weighted by Gasteiger charge is -2.09. The van der Waals surface area contributed by atoms with Gasteiger partial charge in [0.25, 0.3) is 0 Å². The third-order valence-electron chi connectivity index (χ3n) is 4.44. The van der Waals surface area contributed by atoms with Gasteiger partial charge < -0.3 is 10.5 Å². The van der Waals surface area contributed by atoms with Gasteiger partial charge in [0, 0.05) is 12.6 Å². The fourth-order valence-electron chi connectivity index (χ4n) is 2.99. The number of hydrogen-bond donors (Lipinski definition) is 1. The number of ether oxygens (including phenoxy) is 1. The molecule has 0 bridgehead atoms. The standard InChI is InChI=1S/C23H20N2O/c24-22-6-3-13-25-23(22)15-17-8-11-21(12-9-17)26-16-18-7-10-19-4-1-2-5-20(19)14-18/h1-14H,15-16,24H2. The number of nitrogens with two attached hydrogens (primary N) is 1. The molecule has 3 aromatic carbocycles. The Labute approximate surface area is 153 Å². The summed E-state index contributed by atoms with van der Waals surface area (Å²) in [5, 5.41) is 2.48. The first-order valence-electron chi connectivity index (χ1n) is 8.67. The lowest BCUT2D eigenvalue weighted by Crippen LogP contribution is -1.99. The van der Waals surface area contributed by atoms with Crippen molar-refractivity contribution in [2.24, 2.45) is 0 Å². The summed E-state index contributed by atoms with van der Waals surface area (Å²) in [6.07, 6.45) is 2.49. The molecule has 0 aliphatic carbocycles. The highest BCUT2D eigenvalue weighted by molar-refractivity contribution is 5.82. The van der Waals surface area contributed by atoms with Crippen LogP contribution in [0.25, 0.3) is 10.8 Å². The molecular formula is C23H20N2O. The fraction of sp³-hybridized carbons (Fsp3) is 0.0870. The molecule has 3 heteroatoms. The third-order valence-corrected chi connectivity index (χ3v) is 4.44. The van der Waals surface area contributed by atoms with Crippen LogP contribution in [0, 0.1) is 0 Å². The second kappa shape index (κ2) is 7.28. The van der Waals surface area contributed by atoms with Gasteiger partial charge in [0.1, 0.15) is 12.4 Å². The number of anilines is 1. The second-order valence-corrected chi connectivity index (χ2v) is 6.33. The first-order valence-corrected chi connectivity index (χ1v) is 8.67. The smallest absolute Gasteiger partial charge is 0.119 e. The molecule has 128 valence electrons. The lowest BCUT2D eigenvalue weighted by molar-refractivity contribution is 0.306. The Morgan fingerprint density at radius 2 is 1.54 bits per heavy atom. The zero-order chi connectivity index (χ0) is 17.8. The molecule has 0 fully saturated rings.